The van der Waals surface area contributed by atoms with Gasteiger partial charge in [0.1, 0.15) is 0 Å². The summed E-state index contributed by atoms with van der Waals surface area (Å²) in [5.74, 6) is 0. The van der Waals surface area contributed by atoms with Gasteiger partial charge in [0.05, 0.1) is 5.69 Å². The maximum atomic E-state index is 4.33. The molecule has 1 heteroatoms. The summed E-state index contributed by atoms with van der Waals surface area (Å²) in [5, 5.41) is 0. The molecule has 0 radical (unpaired) electrons. The Morgan fingerprint density at radius 3 is 2.80 bits per heavy atom. The van der Waals surface area contributed by atoms with Crippen molar-refractivity contribution in [1.82, 2.24) is 4.98 Å². The van der Waals surface area contributed by atoms with Gasteiger partial charge in [-0.25, -0.2) is 0 Å². The van der Waals surface area contributed by atoms with Crippen molar-refractivity contribution in [3.63, 3.8) is 0 Å². The van der Waals surface area contributed by atoms with Crippen LogP contribution in [0.15, 0.2) is 30.5 Å². The number of rotatable bonds is 6. The molecule has 1 aromatic heterocycles. The minimum Gasteiger partial charge on any atom is -0.257 e. The van der Waals surface area contributed by atoms with Gasteiger partial charge in [0.2, 0.25) is 0 Å². The quantitative estimate of drug-likeness (QED) is 0.622. The zero-order chi connectivity index (χ0) is 10.9. The number of hydrogen-bond donors (Lipinski definition) is 0. The molecule has 1 nitrogen and oxygen atoms in total. The lowest BCUT2D eigenvalue weighted by Crippen LogP contribution is -1.84. The van der Waals surface area contributed by atoms with Crippen molar-refractivity contribution in [3.8, 4) is 0 Å². The maximum absolute atomic E-state index is 4.33. The molecule has 1 rings (SSSR count). The molecule has 0 amide bonds. The van der Waals surface area contributed by atoms with Gasteiger partial charge in [-0.1, -0.05) is 38.3 Å². The van der Waals surface area contributed by atoms with Crippen LogP contribution in [-0.2, 0) is 0 Å². The molecule has 0 spiro atoms. The summed E-state index contributed by atoms with van der Waals surface area (Å²) in [7, 11) is 0. The van der Waals surface area contributed by atoms with Gasteiger partial charge >= 0.3 is 0 Å². The Morgan fingerprint density at radius 2 is 2.13 bits per heavy atom. The van der Waals surface area contributed by atoms with E-state index in [9.17, 15) is 0 Å². The summed E-state index contributed by atoms with van der Waals surface area (Å²) in [6.45, 7) is 4.39. The average Bonchev–Trinajstić information content (AvgIpc) is 2.30. The van der Waals surface area contributed by atoms with Crippen LogP contribution in [0.1, 0.15) is 51.6 Å². The number of pyridine rings is 1. The van der Waals surface area contributed by atoms with Crippen LogP contribution in [-0.4, -0.2) is 4.98 Å². The van der Waals surface area contributed by atoms with Crippen LogP contribution in [0.25, 0.3) is 5.57 Å². The average molecular weight is 203 g/mol. The monoisotopic (exact) mass is 203 g/mol. The molecule has 1 aromatic rings. The van der Waals surface area contributed by atoms with Crippen molar-refractivity contribution in [2.45, 2.75) is 46.0 Å². The molecule has 1 heterocycles. The van der Waals surface area contributed by atoms with E-state index < -0.39 is 0 Å². The molecule has 0 aliphatic carbocycles. The largest absolute Gasteiger partial charge is 0.257 e. The number of unbranched alkanes of at least 4 members (excludes halogenated alkanes) is 4. The molecule has 0 fully saturated rings. The Morgan fingerprint density at radius 1 is 1.27 bits per heavy atom. The molecule has 0 aromatic carbocycles. The van der Waals surface area contributed by atoms with Crippen LogP contribution in [0, 0.1) is 0 Å². The third kappa shape index (κ3) is 4.78. The van der Waals surface area contributed by atoms with E-state index in [1.807, 2.05) is 18.3 Å². The smallest absolute Gasteiger partial charge is 0.0655 e. The Bertz CT molecular complexity index is 287. The summed E-state index contributed by atoms with van der Waals surface area (Å²) in [5.41, 5.74) is 2.40. The second kappa shape index (κ2) is 7.22. The van der Waals surface area contributed by atoms with Crippen LogP contribution in [0.5, 0.6) is 0 Å². The predicted octanol–water partition coefficient (Wildman–Crippen LogP) is 4.46. The van der Waals surface area contributed by atoms with Crippen LogP contribution in [0.4, 0.5) is 0 Å². The molecule has 0 aliphatic heterocycles. The molecular weight excluding hydrogens is 182 g/mol. The van der Waals surface area contributed by atoms with E-state index in [0.717, 1.165) is 5.69 Å². The molecule has 0 bridgehead atoms. The highest BCUT2D eigenvalue weighted by Crippen LogP contribution is 2.12. The normalized spacial score (nSPS) is 11.7. The summed E-state index contributed by atoms with van der Waals surface area (Å²) < 4.78 is 0. The predicted molar refractivity (Wildman–Crippen MR) is 66.6 cm³/mol. The van der Waals surface area contributed by atoms with Crippen LogP contribution in [0.3, 0.4) is 0 Å². The lowest BCUT2D eigenvalue weighted by molar-refractivity contribution is 0.674. The SMILES string of the molecule is CCCCCC/C=C(\C)c1ccccn1. The lowest BCUT2D eigenvalue weighted by Gasteiger charge is -2.00. The van der Waals surface area contributed by atoms with Gasteiger partial charge in [0.15, 0.2) is 0 Å². The highest BCUT2D eigenvalue weighted by molar-refractivity contribution is 5.59. The highest BCUT2D eigenvalue weighted by Gasteiger charge is 1.94. The van der Waals surface area contributed by atoms with Crippen LogP contribution < -0.4 is 0 Å². The molecule has 0 unspecified atom stereocenters. The molecule has 0 saturated heterocycles. The minimum absolute atomic E-state index is 1.10. The molecule has 0 atom stereocenters. The number of hydrogen-bond acceptors (Lipinski definition) is 1. The Kier molecular flexibility index (Phi) is 5.76. The first-order chi connectivity index (χ1) is 7.34. The van der Waals surface area contributed by atoms with Gasteiger partial charge in [0.25, 0.3) is 0 Å². The van der Waals surface area contributed by atoms with E-state index in [2.05, 4.69) is 31.0 Å². The molecule has 0 N–H and O–H groups in total. The first-order valence-corrected chi connectivity index (χ1v) is 5.92. The lowest BCUT2D eigenvalue weighted by atomic mass is 10.1. The number of allylic oxidation sites excluding steroid dienone is 2. The third-order valence-corrected chi connectivity index (χ3v) is 2.58. The number of aromatic nitrogens is 1. The zero-order valence-corrected chi connectivity index (χ0v) is 9.87. The Labute approximate surface area is 93.2 Å². The fourth-order valence-electron chi connectivity index (χ4n) is 1.59. The van der Waals surface area contributed by atoms with Crippen molar-refractivity contribution in [3.05, 3.63) is 36.2 Å². The highest BCUT2D eigenvalue weighted by atomic mass is 14.7. The van der Waals surface area contributed by atoms with E-state index in [4.69, 9.17) is 0 Å². The van der Waals surface area contributed by atoms with Gasteiger partial charge in [0, 0.05) is 6.20 Å². The fraction of sp³-hybridized carbons (Fsp3) is 0.500. The first kappa shape index (κ1) is 12.0. The second-order valence-electron chi connectivity index (χ2n) is 3.95. The summed E-state index contributed by atoms with van der Waals surface area (Å²) in [6.07, 6.45) is 10.7. The van der Waals surface area contributed by atoms with Gasteiger partial charge in [-0.15, -0.1) is 0 Å². The van der Waals surface area contributed by atoms with Crippen LogP contribution in [0.2, 0.25) is 0 Å². The summed E-state index contributed by atoms with van der Waals surface area (Å²) in [4.78, 5) is 4.33. The Balaban J connectivity index is 2.33. The van der Waals surface area contributed by atoms with Gasteiger partial charge in [-0.05, 0) is 37.5 Å². The Hall–Kier alpha value is -1.11. The number of nitrogens with zero attached hydrogens (tertiary/aromatic N) is 1. The van der Waals surface area contributed by atoms with Crippen molar-refractivity contribution in [2.75, 3.05) is 0 Å². The third-order valence-electron chi connectivity index (χ3n) is 2.58. The zero-order valence-electron chi connectivity index (χ0n) is 9.87. The maximum Gasteiger partial charge on any atom is 0.0655 e. The van der Waals surface area contributed by atoms with Crippen molar-refractivity contribution in [1.29, 1.82) is 0 Å². The second-order valence-corrected chi connectivity index (χ2v) is 3.95. The van der Waals surface area contributed by atoms with Crippen molar-refractivity contribution >= 4 is 5.57 Å². The van der Waals surface area contributed by atoms with Gasteiger partial charge < -0.3 is 0 Å². The van der Waals surface area contributed by atoms with E-state index in [1.165, 1.54) is 37.7 Å². The fourth-order valence-corrected chi connectivity index (χ4v) is 1.59. The molecule has 0 saturated carbocycles. The van der Waals surface area contributed by atoms with E-state index in [-0.39, 0.29) is 0 Å². The van der Waals surface area contributed by atoms with Crippen molar-refractivity contribution < 1.29 is 0 Å². The van der Waals surface area contributed by atoms with E-state index in [0.29, 0.717) is 0 Å². The first-order valence-electron chi connectivity index (χ1n) is 5.92. The molecule has 82 valence electrons. The van der Waals surface area contributed by atoms with E-state index in [1.54, 1.807) is 0 Å². The van der Waals surface area contributed by atoms with Crippen molar-refractivity contribution in [2.24, 2.45) is 0 Å². The molecule has 15 heavy (non-hydrogen) atoms. The molecular formula is C14H21N. The molecule has 0 aliphatic rings. The standard InChI is InChI=1S/C14H21N/c1-3-4-5-6-7-10-13(2)14-11-8-9-12-15-14/h8-12H,3-7H2,1-2H3/b13-10+. The summed E-state index contributed by atoms with van der Waals surface area (Å²) >= 11 is 0. The minimum atomic E-state index is 1.10. The van der Waals surface area contributed by atoms with Crippen LogP contribution >= 0.6 is 0 Å². The van der Waals surface area contributed by atoms with Gasteiger partial charge in [-0.2, -0.15) is 0 Å². The summed E-state index contributed by atoms with van der Waals surface area (Å²) in [6, 6.07) is 6.06. The van der Waals surface area contributed by atoms with Gasteiger partial charge in [-0.3, -0.25) is 4.98 Å². The topological polar surface area (TPSA) is 12.9 Å². The van der Waals surface area contributed by atoms with E-state index >= 15 is 0 Å².